The van der Waals surface area contributed by atoms with Crippen molar-refractivity contribution < 1.29 is 14.2 Å². The molecule has 1 aromatic rings. The molecule has 0 aromatic heterocycles. The zero-order valence-electron chi connectivity index (χ0n) is 17.0. The number of aliphatic imine (C=N–C) groups is 1. The lowest BCUT2D eigenvalue weighted by Gasteiger charge is -2.31. The van der Waals surface area contributed by atoms with E-state index in [4.69, 9.17) is 4.99 Å². The number of carbonyl (C=O) groups is 2. The molecule has 0 radical (unpaired) electrons. The summed E-state index contributed by atoms with van der Waals surface area (Å²) in [4.78, 5) is 37.6. The molecule has 154 valence electrons. The lowest BCUT2D eigenvalue weighted by molar-refractivity contribution is -0.552. The average molecular weight is 462 g/mol. The molecule has 2 fully saturated rings. The van der Waals surface area contributed by atoms with E-state index in [9.17, 15) is 9.59 Å². The van der Waals surface area contributed by atoms with Crippen molar-refractivity contribution in [1.82, 2.24) is 19.6 Å². The summed E-state index contributed by atoms with van der Waals surface area (Å²) >= 11 is 3.47. The number of likely N-dealkylation sites (N-methyl/N-ethyl adjacent to an activating group) is 3. The van der Waals surface area contributed by atoms with E-state index in [1.165, 1.54) is 16.8 Å². The molecule has 3 amide bonds. The summed E-state index contributed by atoms with van der Waals surface area (Å²) in [5.74, 6) is 1.15. The van der Waals surface area contributed by atoms with E-state index in [0.29, 0.717) is 18.9 Å². The van der Waals surface area contributed by atoms with Gasteiger partial charge < -0.3 is 4.90 Å². The van der Waals surface area contributed by atoms with Crippen molar-refractivity contribution in [3.63, 3.8) is 0 Å². The molecule has 1 atom stereocenters. The highest BCUT2D eigenvalue weighted by Crippen LogP contribution is 2.22. The summed E-state index contributed by atoms with van der Waals surface area (Å²) in [6, 6.07) is 7.18. The Morgan fingerprint density at radius 3 is 2.34 bits per heavy atom. The zero-order valence-corrected chi connectivity index (χ0v) is 18.6. The Labute approximate surface area is 179 Å². The van der Waals surface area contributed by atoms with Crippen LogP contribution in [-0.4, -0.2) is 108 Å². The molecule has 3 aliphatic heterocycles. The number of nitrogens with zero attached hydrogens (tertiary/aromatic N) is 6. The van der Waals surface area contributed by atoms with Gasteiger partial charge in [-0.05, 0) is 29.7 Å². The van der Waals surface area contributed by atoms with Crippen molar-refractivity contribution in [2.24, 2.45) is 4.99 Å². The van der Waals surface area contributed by atoms with E-state index in [0.717, 1.165) is 42.1 Å². The average Bonchev–Trinajstić information content (AvgIpc) is 3.06. The van der Waals surface area contributed by atoms with Gasteiger partial charge in [0.2, 0.25) is 0 Å². The summed E-state index contributed by atoms with van der Waals surface area (Å²) in [5, 5.41) is 0. The van der Waals surface area contributed by atoms with Crippen LogP contribution in [0.15, 0.2) is 33.7 Å². The van der Waals surface area contributed by atoms with E-state index in [1.807, 2.05) is 24.3 Å². The lowest BCUT2D eigenvalue weighted by atomic mass is 10.1. The summed E-state index contributed by atoms with van der Waals surface area (Å²) in [7, 11) is 5.35. The van der Waals surface area contributed by atoms with Gasteiger partial charge in [0.1, 0.15) is 13.1 Å². The van der Waals surface area contributed by atoms with E-state index < -0.39 is 6.04 Å². The standard InChI is InChI=1S/C20H26BrN6O2/c1-23-8-10-26(11-9-23)13-16-22-18-17(19(28)25(3)20(29)24(18)2)27(16)12-14-4-6-15(21)7-5-14/h4-7,17H,8-13H2,1-3H3/q+1. The third-order valence-corrected chi connectivity index (χ3v) is 6.37. The number of hydrogen-bond acceptors (Lipinski definition) is 5. The van der Waals surface area contributed by atoms with Gasteiger partial charge in [0, 0.05) is 44.7 Å². The maximum atomic E-state index is 13.0. The van der Waals surface area contributed by atoms with Crippen molar-refractivity contribution in [3.8, 4) is 0 Å². The Morgan fingerprint density at radius 1 is 1.03 bits per heavy atom. The molecule has 0 spiro atoms. The molecule has 4 rings (SSSR count). The van der Waals surface area contributed by atoms with Gasteiger partial charge in [-0.1, -0.05) is 28.1 Å². The largest absolute Gasteiger partial charge is 0.333 e. The van der Waals surface area contributed by atoms with E-state index in [-0.39, 0.29) is 11.9 Å². The van der Waals surface area contributed by atoms with Crippen LogP contribution in [0.5, 0.6) is 0 Å². The maximum absolute atomic E-state index is 13.0. The fourth-order valence-electron chi connectivity index (χ4n) is 3.95. The first kappa shape index (κ1) is 20.2. The number of halogens is 1. The Balaban J connectivity index is 1.67. The molecular weight excluding hydrogens is 436 g/mol. The van der Waals surface area contributed by atoms with Gasteiger partial charge in [-0.15, -0.1) is 0 Å². The fraction of sp³-hybridized carbons (Fsp3) is 0.500. The first-order chi connectivity index (χ1) is 13.8. The fourth-order valence-corrected chi connectivity index (χ4v) is 4.21. The van der Waals surface area contributed by atoms with Gasteiger partial charge >= 0.3 is 11.9 Å². The summed E-state index contributed by atoms with van der Waals surface area (Å²) in [6.07, 6.45) is 0. The SMILES string of the molecule is CN1CCN(CC2=[N+](Cc3ccc(Br)cc3)C3C(=O)N(C)C(=O)N(C)C3=N2)CC1. The molecule has 29 heavy (non-hydrogen) atoms. The van der Waals surface area contributed by atoms with Crippen LogP contribution >= 0.6 is 15.9 Å². The Kier molecular flexibility index (Phi) is 5.54. The van der Waals surface area contributed by atoms with Crippen molar-refractivity contribution in [2.45, 2.75) is 12.6 Å². The van der Waals surface area contributed by atoms with E-state index in [2.05, 4.69) is 37.4 Å². The first-order valence-electron chi connectivity index (χ1n) is 9.77. The molecule has 3 heterocycles. The van der Waals surface area contributed by atoms with Crippen LogP contribution in [0.25, 0.3) is 0 Å². The number of piperazine rings is 1. The highest BCUT2D eigenvalue weighted by Gasteiger charge is 2.53. The van der Waals surface area contributed by atoms with Crippen LogP contribution in [0.2, 0.25) is 0 Å². The van der Waals surface area contributed by atoms with Crippen LogP contribution < -0.4 is 0 Å². The molecule has 0 aliphatic carbocycles. The quantitative estimate of drug-likeness (QED) is 0.625. The number of imide groups is 1. The molecule has 1 unspecified atom stereocenters. The molecule has 0 saturated carbocycles. The molecule has 1 aromatic carbocycles. The number of fused-ring (bicyclic) bond motifs is 1. The minimum Gasteiger partial charge on any atom is -0.304 e. The number of rotatable bonds is 4. The predicted molar refractivity (Wildman–Crippen MR) is 114 cm³/mol. The smallest absolute Gasteiger partial charge is 0.304 e. The van der Waals surface area contributed by atoms with E-state index in [1.54, 1.807) is 7.05 Å². The van der Waals surface area contributed by atoms with Crippen molar-refractivity contribution in [1.29, 1.82) is 0 Å². The summed E-state index contributed by atoms with van der Waals surface area (Å²) in [6.45, 7) is 5.19. The Hall–Kier alpha value is -2.10. The third-order valence-electron chi connectivity index (χ3n) is 5.84. The van der Waals surface area contributed by atoms with Crippen LogP contribution in [-0.2, 0) is 11.3 Å². The molecule has 0 N–H and O–H groups in total. The topological polar surface area (TPSA) is 62.5 Å². The minimum absolute atomic E-state index is 0.225. The number of urea groups is 1. The monoisotopic (exact) mass is 461 g/mol. The number of benzene rings is 1. The Bertz CT molecular complexity index is 889. The highest BCUT2D eigenvalue weighted by atomic mass is 79.9. The first-order valence-corrected chi connectivity index (χ1v) is 10.6. The van der Waals surface area contributed by atoms with Gasteiger partial charge in [0.05, 0.1) is 0 Å². The molecule has 8 nitrogen and oxygen atoms in total. The highest BCUT2D eigenvalue weighted by molar-refractivity contribution is 9.10. The van der Waals surface area contributed by atoms with Gasteiger partial charge in [0.15, 0.2) is 0 Å². The maximum Gasteiger partial charge on any atom is 0.333 e. The number of amidine groups is 2. The van der Waals surface area contributed by atoms with Gasteiger partial charge in [0.25, 0.3) is 17.8 Å². The molecule has 2 saturated heterocycles. The Morgan fingerprint density at radius 2 is 1.69 bits per heavy atom. The predicted octanol–water partition coefficient (Wildman–Crippen LogP) is 0.912. The lowest BCUT2D eigenvalue weighted by Crippen LogP contribution is -2.61. The van der Waals surface area contributed by atoms with Crippen LogP contribution in [0.3, 0.4) is 0 Å². The second kappa shape index (κ2) is 7.97. The molecular formula is C20H26BrN6O2+. The second-order valence-corrected chi connectivity index (χ2v) is 8.78. The third kappa shape index (κ3) is 3.86. The van der Waals surface area contributed by atoms with Crippen LogP contribution in [0.1, 0.15) is 5.56 Å². The normalized spacial score (nSPS) is 23.7. The van der Waals surface area contributed by atoms with Gasteiger partial charge in [-0.25, -0.2) is 9.37 Å². The van der Waals surface area contributed by atoms with Crippen LogP contribution in [0.4, 0.5) is 4.79 Å². The number of amides is 3. The van der Waals surface area contributed by atoms with Gasteiger partial charge in [-0.2, -0.15) is 0 Å². The zero-order chi connectivity index (χ0) is 20.7. The second-order valence-electron chi connectivity index (χ2n) is 7.86. The summed E-state index contributed by atoms with van der Waals surface area (Å²) in [5.41, 5.74) is 1.09. The van der Waals surface area contributed by atoms with E-state index >= 15 is 0 Å². The van der Waals surface area contributed by atoms with Gasteiger partial charge in [-0.3, -0.25) is 19.5 Å². The van der Waals surface area contributed by atoms with Crippen molar-refractivity contribution in [2.75, 3.05) is 53.9 Å². The van der Waals surface area contributed by atoms with Crippen molar-refractivity contribution in [3.05, 3.63) is 34.3 Å². The number of carbonyl (C=O) groups excluding carboxylic acids is 2. The molecule has 3 aliphatic rings. The van der Waals surface area contributed by atoms with Crippen LogP contribution in [0, 0.1) is 0 Å². The number of hydrogen-bond donors (Lipinski definition) is 0. The molecule has 9 heteroatoms. The minimum atomic E-state index is -0.561. The van der Waals surface area contributed by atoms with Crippen molar-refractivity contribution >= 4 is 39.5 Å². The summed E-state index contributed by atoms with van der Waals surface area (Å²) < 4.78 is 3.07. The molecule has 0 bridgehead atoms.